The summed E-state index contributed by atoms with van der Waals surface area (Å²) in [6.45, 7) is 2.42. The van der Waals surface area contributed by atoms with E-state index < -0.39 is 0 Å². The lowest BCUT2D eigenvalue weighted by Crippen LogP contribution is -2.13. The number of hydrogen-bond acceptors (Lipinski definition) is 5. The number of pyridine rings is 2. The molecule has 2 aromatic rings. The first kappa shape index (κ1) is 15.1. The molecule has 0 bridgehead atoms. The van der Waals surface area contributed by atoms with Crippen LogP contribution in [-0.2, 0) is 0 Å². The molecule has 0 aromatic carbocycles. The fourth-order valence-electron chi connectivity index (χ4n) is 1.65. The first-order valence-corrected chi connectivity index (χ1v) is 6.75. The topological polar surface area (TPSA) is 76.1 Å². The minimum Gasteiger partial charge on any atom is -0.478 e. The summed E-state index contributed by atoms with van der Waals surface area (Å²) in [6, 6.07) is 6.53. The maximum atomic E-state index is 12.2. The third-order valence-corrected chi connectivity index (χ3v) is 2.79. The summed E-state index contributed by atoms with van der Waals surface area (Å²) in [5, 5.41) is 5.83. The molecule has 0 aliphatic carbocycles. The van der Waals surface area contributed by atoms with Crippen LogP contribution < -0.4 is 15.4 Å². The van der Waals surface area contributed by atoms with Crippen LogP contribution in [0.5, 0.6) is 5.88 Å². The van der Waals surface area contributed by atoms with E-state index in [0.29, 0.717) is 29.6 Å². The average molecular weight is 307 g/mol. The van der Waals surface area contributed by atoms with Gasteiger partial charge in [0.25, 0.3) is 5.91 Å². The van der Waals surface area contributed by atoms with Crippen molar-refractivity contribution in [2.75, 3.05) is 24.3 Å². The van der Waals surface area contributed by atoms with Gasteiger partial charge in [0.05, 0.1) is 18.5 Å². The van der Waals surface area contributed by atoms with Crippen LogP contribution >= 0.6 is 11.6 Å². The standard InChI is InChI=1S/C14H15ClN4O2/c1-3-21-13-5-4-10(8-17-13)18-14(20)9-6-11(15)19-12(7-9)16-2/h4-8H,3H2,1-2H3,(H,16,19)(H,18,20). The quantitative estimate of drug-likeness (QED) is 0.831. The van der Waals surface area contributed by atoms with Crippen molar-refractivity contribution in [3.63, 3.8) is 0 Å². The lowest BCUT2D eigenvalue weighted by Gasteiger charge is -2.08. The van der Waals surface area contributed by atoms with E-state index in [2.05, 4.69) is 20.6 Å². The van der Waals surface area contributed by atoms with Gasteiger partial charge in [-0.2, -0.15) is 0 Å². The number of ether oxygens (including phenoxy) is 1. The normalized spacial score (nSPS) is 10.0. The van der Waals surface area contributed by atoms with Gasteiger partial charge < -0.3 is 15.4 Å². The Morgan fingerprint density at radius 1 is 1.38 bits per heavy atom. The molecule has 0 aliphatic rings. The van der Waals surface area contributed by atoms with E-state index in [4.69, 9.17) is 16.3 Å². The van der Waals surface area contributed by atoms with E-state index in [0.717, 1.165) is 0 Å². The molecule has 0 spiro atoms. The number of aromatic nitrogens is 2. The Balaban J connectivity index is 2.12. The van der Waals surface area contributed by atoms with Crippen molar-refractivity contribution >= 4 is 29.0 Å². The van der Waals surface area contributed by atoms with E-state index >= 15 is 0 Å². The van der Waals surface area contributed by atoms with Gasteiger partial charge in [-0.05, 0) is 25.1 Å². The average Bonchev–Trinajstić information content (AvgIpc) is 2.48. The molecule has 7 heteroatoms. The fraction of sp³-hybridized carbons (Fsp3) is 0.214. The first-order valence-electron chi connectivity index (χ1n) is 6.38. The maximum Gasteiger partial charge on any atom is 0.255 e. The van der Waals surface area contributed by atoms with Gasteiger partial charge in [-0.3, -0.25) is 4.79 Å². The summed E-state index contributed by atoms with van der Waals surface area (Å²) in [5.41, 5.74) is 0.982. The first-order chi connectivity index (χ1) is 10.1. The molecule has 0 fully saturated rings. The predicted octanol–water partition coefficient (Wildman–Crippen LogP) is 2.82. The second kappa shape index (κ2) is 6.90. The molecule has 0 radical (unpaired) electrons. The van der Waals surface area contributed by atoms with Crippen LogP contribution in [0.2, 0.25) is 5.15 Å². The smallest absolute Gasteiger partial charge is 0.255 e. The van der Waals surface area contributed by atoms with Crippen molar-refractivity contribution in [2.24, 2.45) is 0 Å². The summed E-state index contributed by atoms with van der Waals surface area (Å²) < 4.78 is 5.24. The Bertz CT molecular complexity index is 631. The van der Waals surface area contributed by atoms with Gasteiger partial charge in [0.1, 0.15) is 11.0 Å². The molecule has 2 N–H and O–H groups in total. The highest BCUT2D eigenvalue weighted by atomic mass is 35.5. The molecule has 0 aliphatic heterocycles. The third-order valence-electron chi connectivity index (χ3n) is 2.60. The van der Waals surface area contributed by atoms with Gasteiger partial charge >= 0.3 is 0 Å². The molecule has 2 aromatic heterocycles. The second-order valence-electron chi connectivity index (χ2n) is 4.09. The highest BCUT2D eigenvalue weighted by Crippen LogP contribution is 2.17. The van der Waals surface area contributed by atoms with Crippen molar-refractivity contribution < 1.29 is 9.53 Å². The van der Waals surface area contributed by atoms with Crippen molar-refractivity contribution in [1.82, 2.24) is 9.97 Å². The molecule has 0 atom stereocenters. The van der Waals surface area contributed by atoms with Crippen LogP contribution in [0.1, 0.15) is 17.3 Å². The minimum absolute atomic E-state index is 0.247. The zero-order valence-corrected chi connectivity index (χ0v) is 12.4. The minimum atomic E-state index is -0.290. The Kier molecular flexibility index (Phi) is 4.94. The SMILES string of the molecule is CCOc1ccc(NC(=O)c2cc(Cl)nc(NC)c2)cn1. The van der Waals surface area contributed by atoms with E-state index in [1.165, 1.54) is 12.3 Å². The molecule has 1 amide bonds. The van der Waals surface area contributed by atoms with Crippen LogP contribution in [0, 0.1) is 0 Å². The summed E-state index contributed by atoms with van der Waals surface area (Å²) in [7, 11) is 1.71. The van der Waals surface area contributed by atoms with Crippen molar-refractivity contribution in [2.45, 2.75) is 6.92 Å². The van der Waals surface area contributed by atoms with Gasteiger partial charge in [-0.1, -0.05) is 11.6 Å². The summed E-state index contributed by atoms with van der Waals surface area (Å²) in [4.78, 5) is 20.3. The third kappa shape index (κ3) is 4.06. The number of nitrogens with zero attached hydrogens (tertiary/aromatic N) is 2. The van der Waals surface area contributed by atoms with Gasteiger partial charge in [0.15, 0.2) is 0 Å². The van der Waals surface area contributed by atoms with Gasteiger partial charge in [0, 0.05) is 18.7 Å². The predicted molar refractivity (Wildman–Crippen MR) is 82.2 cm³/mol. The lowest BCUT2D eigenvalue weighted by molar-refractivity contribution is 0.102. The zero-order valence-electron chi connectivity index (χ0n) is 11.7. The number of halogens is 1. The summed E-state index contributed by atoms with van der Waals surface area (Å²) >= 11 is 5.87. The van der Waals surface area contributed by atoms with E-state index in [1.807, 2.05) is 6.92 Å². The lowest BCUT2D eigenvalue weighted by atomic mass is 10.2. The van der Waals surface area contributed by atoms with Gasteiger partial charge in [-0.25, -0.2) is 9.97 Å². The Hall–Kier alpha value is -2.34. The molecule has 0 unspecified atom stereocenters. The molecule has 0 saturated heterocycles. The van der Waals surface area contributed by atoms with Gasteiger partial charge in [-0.15, -0.1) is 0 Å². The highest BCUT2D eigenvalue weighted by Gasteiger charge is 2.09. The Labute approximate surface area is 127 Å². The Morgan fingerprint density at radius 3 is 2.81 bits per heavy atom. The van der Waals surface area contributed by atoms with Crippen LogP contribution in [0.3, 0.4) is 0 Å². The molecular weight excluding hydrogens is 292 g/mol. The van der Waals surface area contributed by atoms with Crippen molar-refractivity contribution in [1.29, 1.82) is 0 Å². The molecule has 21 heavy (non-hydrogen) atoms. The number of amides is 1. The van der Waals surface area contributed by atoms with Crippen LogP contribution in [0.25, 0.3) is 0 Å². The largest absolute Gasteiger partial charge is 0.478 e. The van der Waals surface area contributed by atoms with E-state index in [1.54, 1.807) is 25.2 Å². The molecule has 110 valence electrons. The van der Waals surface area contributed by atoms with Crippen molar-refractivity contribution in [3.05, 3.63) is 41.2 Å². The van der Waals surface area contributed by atoms with E-state index in [9.17, 15) is 4.79 Å². The zero-order chi connectivity index (χ0) is 15.2. The van der Waals surface area contributed by atoms with E-state index in [-0.39, 0.29) is 11.1 Å². The monoisotopic (exact) mass is 306 g/mol. The summed E-state index contributed by atoms with van der Waals surface area (Å²) in [5.74, 6) is 0.749. The van der Waals surface area contributed by atoms with Gasteiger partial charge in [0.2, 0.25) is 5.88 Å². The number of nitrogens with one attached hydrogen (secondary N) is 2. The number of rotatable bonds is 5. The molecule has 6 nitrogen and oxygen atoms in total. The van der Waals surface area contributed by atoms with Crippen LogP contribution in [0.4, 0.5) is 11.5 Å². The number of carbonyl (C=O) groups excluding carboxylic acids is 1. The van der Waals surface area contributed by atoms with Crippen molar-refractivity contribution in [3.8, 4) is 5.88 Å². The van der Waals surface area contributed by atoms with Crippen LogP contribution in [0.15, 0.2) is 30.5 Å². The molecule has 2 heterocycles. The number of carbonyl (C=O) groups is 1. The number of anilines is 2. The Morgan fingerprint density at radius 2 is 2.19 bits per heavy atom. The molecule has 0 saturated carbocycles. The summed E-state index contributed by atoms with van der Waals surface area (Å²) in [6.07, 6.45) is 1.53. The molecular formula is C14H15ClN4O2. The maximum absolute atomic E-state index is 12.2. The second-order valence-corrected chi connectivity index (χ2v) is 4.47. The van der Waals surface area contributed by atoms with Crippen LogP contribution in [-0.4, -0.2) is 29.5 Å². The fourth-order valence-corrected chi connectivity index (χ4v) is 1.86. The highest BCUT2D eigenvalue weighted by molar-refractivity contribution is 6.30. The number of hydrogen-bond donors (Lipinski definition) is 2. The molecule has 2 rings (SSSR count).